The summed E-state index contributed by atoms with van der Waals surface area (Å²) in [6, 6.07) is 8.76. The molecule has 0 spiro atoms. The number of pyridine rings is 1. The largest absolute Gasteiger partial charge is 0.309 e. The lowest BCUT2D eigenvalue weighted by atomic mass is 10.2. The molecule has 0 atom stereocenters. The maximum Gasteiger partial charge on any atom is 0.262 e. The van der Waals surface area contributed by atoms with Gasteiger partial charge >= 0.3 is 0 Å². The van der Waals surface area contributed by atoms with Gasteiger partial charge in [-0.05, 0) is 31.5 Å². The number of aryl methyl sites for hydroxylation is 1. The molecule has 0 saturated heterocycles. The van der Waals surface area contributed by atoms with Crippen molar-refractivity contribution in [3.63, 3.8) is 0 Å². The number of para-hydroxylation sites is 1. The first-order valence-electron chi connectivity index (χ1n) is 9.15. The lowest BCUT2D eigenvalue weighted by molar-refractivity contribution is -0.113. The normalized spacial score (nSPS) is 11.0. The fraction of sp³-hybridized carbons (Fsp3) is 0.300. The molecule has 0 saturated carbocycles. The van der Waals surface area contributed by atoms with Crippen LogP contribution >= 0.6 is 35.0 Å². The molecule has 0 fully saturated rings. The minimum atomic E-state index is -0.296. The number of aromatic nitrogens is 3. The Morgan fingerprint density at radius 3 is 2.72 bits per heavy atom. The van der Waals surface area contributed by atoms with Crippen molar-refractivity contribution in [2.24, 2.45) is 0 Å². The number of hydrogen-bond acceptors (Lipinski definition) is 5. The molecule has 3 aromatic rings. The Balaban J connectivity index is 1.81. The van der Waals surface area contributed by atoms with Crippen LogP contribution in [0.5, 0.6) is 0 Å². The van der Waals surface area contributed by atoms with Crippen molar-refractivity contribution in [2.75, 3.05) is 11.1 Å². The fourth-order valence-electron chi connectivity index (χ4n) is 2.72. The van der Waals surface area contributed by atoms with Gasteiger partial charge in [-0.3, -0.25) is 14.2 Å². The van der Waals surface area contributed by atoms with Crippen molar-refractivity contribution in [3.8, 4) is 0 Å². The van der Waals surface area contributed by atoms with Crippen molar-refractivity contribution < 1.29 is 4.79 Å². The quantitative estimate of drug-likeness (QED) is 0.407. The zero-order valence-corrected chi connectivity index (χ0v) is 18.4. The molecule has 152 valence electrons. The molecule has 1 aromatic carbocycles. The summed E-state index contributed by atoms with van der Waals surface area (Å²) in [5, 5.41) is 4.48. The predicted molar refractivity (Wildman–Crippen MR) is 119 cm³/mol. The summed E-state index contributed by atoms with van der Waals surface area (Å²) < 4.78 is 1.64. The van der Waals surface area contributed by atoms with Gasteiger partial charge in [0.2, 0.25) is 5.91 Å². The number of rotatable bonds is 7. The lowest BCUT2D eigenvalue weighted by Crippen LogP contribution is -2.24. The number of hydrogen-bond donors (Lipinski definition) is 1. The Morgan fingerprint density at radius 1 is 1.21 bits per heavy atom. The van der Waals surface area contributed by atoms with E-state index in [1.165, 1.54) is 11.8 Å². The first kappa shape index (κ1) is 21.6. The van der Waals surface area contributed by atoms with Crippen LogP contribution in [0, 0.1) is 6.92 Å². The molecule has 0 aliphatic carbocycles. The van der Waals surface area contributed by atoms with Crippen molar-refractivity contribution in [1.29, 1.82) is 0 Å². The van der Waals surface area contributed by atoms with E-state index >= 15 is 0 Å². The molecule has 29 heavy (non-hydrogen) atoms. The molecule has 0 aliphatic rings. The molecular formula is C20H20Cl2N4O2S. The van der Waals surface area contributed by atoms with Gasteiger partial charge in [0.25, 0.3) is 5.56 Å². The van der Waals surface area contributed by atoms with Gasteiger partial charge in [0, 0.05) is 6.54 Å². The number of benzene rings is 1. The van der Waals surface area contributed by atoms with Crippen molar-refractivity contribution >= 4 is 57.6 Å². The SMILES string of the molecule is CCCCn1c(SCC(=O)Nc2nc(C)c(Cl)cc2Cl)nc2ccccc2c1=O. The van der Waals surface area contributed by atoms with Crippen molar-refractivity contribution in [1.82, 2.24) is 14.5 Å². The maximum atomic E-state index is 12.9. The van der Waals surface area contributed by atoms with E-state index in [9.17, 15) is 9.59 Å². The maximum absolute atomic E-state index is 12.9. The number of fused-ring (bicyclic) bond motifs is 1. The van der Waals surface area contributed by atoms with E-state index in [-0.39, 0.29) is 28.1 Å². The Hall–Kier alpha value is -2.09. The molecule has 2 aromatic heterocycles. The average Bonchev–Trinajstić information content (AvgIpc) is 2.70. The number of carbonyl (C=O) groups excluding carboxylic acids is 1. The van der Waals surface area contributed by atoms with E-state index < -0.39 is 0 Å². The van der Waals surface area contributed by atoms with Crippen LogP contribution in [0.4, 0.5) is 5.82 Å². The number of halogens is 2. The molecule has 3 rings (SSSR count). The Labute approximate surface area is 182 Å². The van der Waals surface area contributed by atoms with Gasteiger partial charge in [-0.2, -0.15) is 0 Å². The van der Waals surface area contributed by atoms with Gasteiger partial charge in [0.15, 0.2) is 11.0 Å². The number of carbonyl (C=O) groups is 1. The van der Waals surface area contributed by atoms with Crippen LogP contribution in [0.25, 0.3) is 10.9 Å². The highest BCUT2D eigenvalue weighted by atomic mass is 35.5. The zero-order valence-electron chi connectivity index (χ0n) is 16.0. The molecule has 0 radical (unpaired) electrons. The molecular weight excluding hydrogens is 431 g/mol. The van der Waals surface area contributed by atoms with Gasteiger partial charge < -0.3 is 5.32 Å². The second kappa shape index (κ2) is 9.61. The Kier molecular flexibility index (Phi) is 7.16. The standard InChI is InChI=1S/C20H20Cl2N4O2S/c1-3-4-9-26-19(28)13-7-5-6-8-16(13)24-20(26)29-11-17(27)25-18-15(22)10-14(21)12(2)23-18/h5-8,10H,3-4,9,11H2,1-2H3,(H,23,25,27). The van der Waals surface area contributed by atoms with Crippen LogP contribution < -0.4 is 10.9 Å². The van der Waals surface area contributed by atoms with Gasteiger partial charge in [-0.15, -0.1) is 0 Å². The summed E-state index contributed by atoms with van der Waals surface area (Å²) in [7, 11) is 0. The summed E-state index contributed by atoms with van der Waals surface area (Å²) in [4.78, 5) is 34.1. The van der Waals surface area contributed by atoms with Gasteiger partial charge in [-0.1, -0.05) is 60.4 Å². The summed E-state index contributed by atoms with van der Waals surface area (Å²) >= 11 is 13.3. The molecule has 6 nitrogen and oxygen atoms in total. The Morgan fingerprint density at radius 2 is 1.97 bits per heavy atom. The highest BCUT2D eigenvalue weighted by molar-refractivity contribution is 7.99. The summed E-state index contributed by atoms with van der Waals surface area (Å²) in [5.74, 6) is 0.0286. The smallest absolute Gasteiger partial charge is 0.262 e. The second-order valence-electron chi connectivity index (χ2n) is 6.44. The van der Waals surface area contributed by atoms with E-state index in [1.54, 1.807) is 29.7 Å². The number of unbranched alkanes of at least 4 members (excludes halogenated alkanes) is 1. The van der Waals surface area contributed by atoms with Gasteiger partial charge in [0.05, 0.1) is 32.4 Å². The van der Waals surface area contributed by atoms with E-state index in [1.807, 2.05) is 12.1 Å². The summed E-state index contributed by atoms with van der Waals surface area (Å²) in [6.07, 6.45) is 1.80. The minimum Gasteiger partial charge on any atom is -0.309 e. The fourth-order valence-corrected chi connectivity index (χ4v) is 3.95. The minimum absolute atomic E-state index is 0.0661. The van der Waals surface area contributed by atoms with Crippen LogP contribution in [-0.2, 0) is 11.3 Å². The third kappa shape index (κ3) is 5.10. The Bertz CT molecular complexity index is 1120. The summed E-state index contributed by atoms with van der Waals surface area (Å²) in [6.45, 7) is 4.35. The number of nitrogens with one attached hydrogen (secondary N) is 1. The van der Waals surface area contributed by atoms with E-state index in [0.717, 1.165) is 12.8 Å². The first-order chi connectivity index (χ1) is 13.9. The first-order valence-corrected chi connectivity index (χ1v) is 10.9. The molecule has 1 N–H and O–H groups in total. The number of nitrogens with zero attached hydrogens (tertiary/aromatic N) is 3. The lowest BCUT2D eigenvalue weighted by Gasteiger charge is -2.13. The molecule has 0 bridgehead atoms. The predicted octanol–water partition coefficient (Wildman–Crippen LogP) is 4.94. The van der Waals surface area contributed by atoms with Crippen molar-refractivity contribution in [2.45, 2.75) is 38.4 Å². The summed E-state index contributed by atoms with van der Waals surface area (Å²) in [5.41, 5.74) is 1.10. The van der Waals surface area contributed by atoms with Crippen LogP contribution in [0.15, 0.2) is 40.3 Å². The van der Waals surface area contributed by atoms with E-state index in [2.05, 4.69) is 22.2 Å². The van der Waals surface area contributed by atoms with Gasteiger partial charge in [-0.25, -0.2) is 9.97 Å². The van der Waals surface area contributed by atoms with E-state index in [4.69, 9.17) is 23.2 Å². The van der Waals surface area contributed by atoms with Crippen LogP contribution in [0.2, 0.25) is 10.0 Å². The molecule has 2 heterocycles. The third-order valence-corrected chi connectivity index (χ3v) is 5.90. The number of amides is 1. The third-order valence-electron chi connectivity index (χ3n) is 4.26. The molecule has 0 unspecified atom stereocenters. The molecule has 9 heteroatoms. The molecule has 0 aliphatic heterocycles. The number of thioether (sulfide) groups is 1. The van der Waals surface area contributed by atoms with Crippen LogP contribution in [-0.4, -0.2) is 26.2 Å². The zero-order chi connectivity index (χ0) is 21.0. The van der Waals surface area contributed by atoms with Crippen LogP contribution in [0.3, 0.4) is 0 Å². The average molecular weight is 451 g/mol. The number of anilines is 1. The second-order valence-corrected chi connectivity index (χ2v) is 8.20. The monoisotopic (exact) mass is 450 g/mol. The van der Waals surface area contributed by atoms with Gasteiger partial charge in [0.1, 0.15) is 0 Å². The highest BCUT2D eigenvalue weighted by Gasteiger charge is 2.15. The topological polar surface area (TPSA) is 76.9 Å². The molecule has 1 amide bonds. The highest BCUT2D eigenvalue weighted by Crippen LogP contribution is 2.26. The van der Waals surface area contributed by atoms with E-state index in [0.29, 0.717) is 33.3 Å². The van der Waals surface area contributed by atoms with Crippen LogP contribution in [0.1, 0.15) is 25.5 Å². The van der Waals surface area contributed by atoms with Crippen molar-refractivity contribution in [3.05, 3.63) is 56.4 Å².